The minimum atomic E-state index is -3.84. The number of sulfone groups is 1. The summed E-state index contributed by atoms with van der Waals surface area (Å²) in [5.41, 5.74) is 0.758. The molecule has 9 nitrogen and oxygen atoms in total. The minimum Gasteiger partial charge on any atom is -0.326 e. The van der Waals surface area contributed by atoms with Gasteiger partial charge in [-0.3, -0.25) is 9.59 Å². The van der Waals surface area contributed by atoms with Crippen LogP contribution in [0.1, 0.15) is 19.8 Å². The molecule has 0 spiro atoms. The van der Waals surface area contributed by atoms with Gasteiger partial charge in [-0.2, -0.15) is 0 Å². The van der Waals surface area contributed by atoms with Crippen molar-refractivity contribution in [1.29, 1.82) is 0 Å². The van der Waals surface area contributed by atoms with Gasteiger partial charge in [-0.05, 0) is 42.5 Å². The second-order valence-corrected chi connectivity index (χ2v) is 12.2. The van der Waals surface area contributed by atoms with Crippen LogP contribution >= 0.6 is 11.8 Å². The van der Waals surface area contributed by atoms with E-state index in [4.69, 9.17) is 5.14 Å². The number of amides is 2. The van der Waals surface area contributed by atoms with Crippen molar-refractivity contribution in [3.8, 4) is 0 Å². The fourth-order valence-electron chi connectivity index (χ4n) is 2.92. The molecule has 1 atom stereocenters. The number of primary sulfonamides is 1. The summed E-state index contributed by atoms with van der Waals surface area (Å²) in [6, 6.07) is 9.74. The molecule has 166 valence electrons. The lowest BCUT2D eigenvalue weighted by Gasteiger charge is -2.11. The number of carbonyl (C=O) groups excluding carboxylic acids is 2. The molecule has 0 aliphatic carbocycles. The van der Waals surface area contributed by atoms with Crippen molar-refractivity contribution in [2.24, 2.45) is 5.14 Å². The monoisotopic (exact) mass is 483 g/mol. The topological polar surface area (TPSA) is 152 Å². The summed E-state index contributed by atoms with van der Waals surface area (Å²) >= 11 is 1.49. The molecular formula is C19H21N3O6S3. The van der Waals surface area contributed by atoms with Gasteiger partial charge >= 0.3 is 0 Å². The molecule has 4 N–H and O–H groups in total. The van der Waals surface area contributed by atoms with Gasteiger partial charge in [0, 0.05) is 28.7 Å². The number of benzene rings is 2. The Hall–Kier alpha value is -2.41. The Balaban J connectivity index is 1.66. The van der Waals surface area contributed by atoms with Crippen LogP contribution in [0.5, 0.6) is 0 Å². The van der Waals surface area contributed by atoms with Crippen molar-refractivity contribution in [2.75, 3.05) is 16.4 Å². The van der Waals surface area contributed by atoms with Crippen molar-refractivity contribution >= 4 is 54.8 Å². The van der Waals surface area contributed by atoms with Gasteiger partial charge in [0.15, 0.2) is 9.84 Å². The quantitative estimate of drug-likeness (QED) is 0.568. The number of hydrogen-bond acceptors (Lipinski definition) is 7. The Morgan fingerprint density at radius 1 is 1.13 bits per heavy atom. The summed E-state index contributed by atoms with van der Waals surface area (Å²) in [6.07, 6.45) is 0.0360. The van der Waals surface area contributed by atoms with E-state index >= 15 is 0 Å². The number of rotatable bonds is 6. The molecule has 31 heavy (non-hydrogen) atoms. The zero-order chi connectivity index (χ0) is 22.8. The van der Waals surface area contributed by atoms with E-state index in [1.54, 1.807) is 6.07 Å². The molecule has 1 aliphatic rings. The first-order chi connectivity index (χ1) is 14.4. The van der Waals surface area contributed by atoms with E-state index in [1.807, 2.05) is 6.92 Å². The normalized spacial score (nSPS) is 16.7. The summed E-state index contributed by atoms with van der Waals surface area (Å²) in [4.78, 5) is 24.8. The van der Waals surface area contributed by atoms with Crippen molar-refractivity contribution in [3.05, 3.63) is 42.5 Å². The number of sulfonamides is 1. The third-order valence-electron chi connectivity index (χ3n) is 4.45. The Morgan fingerprint density at radius 2 is 1.77 bits per heavy atom. The van der Waals surface area contributed by atoms with Gasteiger partial charge < -0.3 is 10.6 Å². The van der Waals surface area contributed by atoms with Crippen LogP contribution in [-0.2, 0) is 29.4 Å². The van der Waals surface area contributed by atoms with E-state index in [-0.39, 0.29) is 27.4 Å². The SMILES string of the molecule is C[C@@H]1CC(=O)Nc2cc(S(=O)(=O)CCC(=O)Nc3ccc(S(N)(=O)=O)cc3)ccc2S1. The fraction of sp³-hybridized carbons (Fsp3) is 0.263. The van der Waals surface area contributed by atoms with E-state index in [1.165, 1.54) is 48.2 Å². The number of nitrogens with two attached hydrogens (primary N) is 1. The molecule has 0 unspecified atom stereocenters. The predicted molar refractivity (Wildman–Crippen MR) is 118 cm³/mol. The number of fused-ring (bicyclic) bond motifs is 1. The molecule has 0 radical (unpaired) electrons. The summed E-state index contributed by atoms with van der Waals surface area (Å²) in [5, 5.41) is 10.3. The average Bonchev–Trinajstić information content (AvgIpc) is 2.81. The molecule has 0 saturated heterocycles. The van der Waals surface area contributed by atoms with Crippen LogP contribution in [0.25, 0.3) is 0 Å². The van der Waals surface area contributed by atoms with Crippen LogP contribution in [0.15, 0.2) is 57.2 Å². The van der Waals surface area contributed by atoms with Crippen LogP contribution in [0.3, 0.4) is 0 Å². The van der Waals surface area contributed by atoms with Crippen LogP contribution in [0.4, 0.5) is 11.4 Å². The Bertz CT molecular complexity index is 1230. The lowest BCUT2D eigenvalue weighted by atomic mass is 10.3. The largest absolute Gasteiger partial charge is 0.326 e. The molecule has 3 rings (SSSR count). The summed E-state index contributed by atoms with van der Waals surface area (Å²) < 4.78 is 47.9. The van der Waals surface area contributed by atoms with Gasteiger partial charge in [0.1, 0.15) is 0 Å². The highest BCUT2D eigenvalue weighted by Crippen LogP contribution is 2.36. The highest BCUT2D eigenvalue weighted by molar-refractivity contribution is 8.00. The first kappa shape index (κ1) is 23.3. The second kappa shape index (κ2) is 8.99. The first-order valence-electron chi connectivity index (χ1n) is 9.20. The maximum Gasteiger partial charge on any atom is 0.238 e. The van der Waals surface area contributed by atoms with Gasteiger partial charge in [0.2, 0.25) is 21.8 Å². The summed E-state index contributed by atoms with van der Waals surface area (Å²) in [7, 11) is -7.61. The van der Waals surface area contributed by atoms with E-state index in [9.17, 15) is 26.4 Å². The zero-order valence-electron chi connectivity index (χ0n) is 16.5. The Morgan fingerprint density at radius 3 is 2.42 bits per heavy atom. The van der Waals surface area contributed by atoms with Gasteiger partial charge in [-0.25, -0.2) is 22.0 Å². The second-order valence-electron chi connectivity index (χ2n) is 7.03. The van der Waals surface area contributed by atoms with Gasteiger partial charge in [0.25, 0.3) is 0 Å². The number of thioether (sulfide) groups is 1. The molecule has 1 aliphatic heterocycles. The van der Waals surface area contributed by atoms with Crippen LogP contribution in [-0.4, -0.2) is 39.7 Å². The first-order valence-corrected chi connectivity index (χ1v) is 13.3. The predicted octanol–water partition coefficient (Wildman–Crippen LogP) is 1.96. The maximum absolute atomic E-state index is 12.7. The molecule has 0 saturated carbocycles. The number of hydrogen-bond donors (Lipinski definition) is 3. The molecule has 2 aromatic rings. The molecule has 0 bridgehead atoms. The lowest BCUT2D eigenvalue weighted by Crippen LogP contribution is -2.18. The number of anilines is 2. The maximum atomic E-state index is 12.7. The lowest BCUT2D eigenvalue weighted by molar-refractivity contribution is -0.116. The molecule has 1 heterocycles. The molecule has 12 heteroatoms. The van der Waals surface area contributed by atoms with Crippen molar-refractivity contribution in [3.63, 3.8) is 0 Å². The fourth-order valence-corrected chi connectivity index (χ4v) is 5.75. The van der Waals surface area contributed by atoms with Crippen molar-refractivity contribution in [1.82, 2.24) is 0 Å². The smallest absolute Gasteiger partial charge is 0.238 e. The van der Waals surface area contributed by atoms with E-state index in [2.05, 4.69) is 10.6 Å². The van der Waals surface area contributed by atoms with Gasteiger partial charge in [-0.15, -0.1) is 11.8 Å². The molecule has 2 amide bonds. The molecular weight excluding hydrogens is 462 g/mol. The average molecular weight is 484 g/mol. The van der Waals surface area contributed by atoms with Gasteiger partial charge in [0.05, 0.1) is 21.2 Å². The standard InChI is InChI=1S/C19H21N3O6S3/c1-12-10-19(24)22-16-11-15(6-7-17(16)29-12)30(25,26)9-8-18(23)21-13-2-4-14(5-3-13)31(20,27)28/h2-7,11-12H,8-10H2,1H3,(H,21,23)(H,22,24)(H2,20,27,28)/t12-/m1/s1. The van der Waals surface area contributed by atoms with Crippen LogP contribution in [0, 0.1) is 0 Å². The molecule has 0 fully saturated rings. The third-order valence-corrected chi connectivity index (χ3v) is 8.27. The Labute approximate surface area is 184 Å². The summed E-state index contributed by atoms with van der Waals surface area (Å²) in [6.45, 7) is 1.92. The summed E-state index contributed by atoms with van der Waals surface area (Å²) in [5.74, 6) is -1.15. The van der Waals surface area contributed by atoms with Crippen LogP contribution < -0.4 is 15.8 Å². The van der Waals surface area contributed by atoms with E-state index < -0.39 is 31.5 Å². The number of carbonyl (C=O) groups is 2. The van der Waals surface area contributed by atoms with Crippen molar-refractivity contribution < 1.29 is 26.4 Å². The number of nitrogens with one attached hydrogen (secondary N) is 2. The van der Waals surface area contributed by atoms with E-state index in [0.29, 0.717) is 17.8 Å². The highest BCUT2D eigenvalue weighted by atomic mass is 32.2. The third kappa shape index (κ3) is 6.06. The van der Waals surface area contributed by atoms with Crippen molar-refractivity contribution in [2.45, 2.75) is 39.7 Å². The van der Waals surface area contributed by atoms with Gasteiger partial charge in [-0.1, -0.05) is 6.92 Å². The highest BCUT2D eigenvalue weighted by Gasteiger charge is 2.23. The molecule has 2 aromatic carbocycles. The molecule has 0 aromatic heterocycles. The zero-order valence-corrected chi connectivity index (χ0v) is 18.9. The van der Waals surface area contributed by atoms with Crippen LogP contribution in [0.2, 0.25) is 0 Å². The Kier molecular flexibility index (Phi) is 6.74. The minimum absolute atomic E-state index is 0.0204. The van der Waals surface area contributed by atoms with E-state index in [0.717, 1.165) is 4.90 Å².